The normalized spacial score (nSPS) is 23.8. The van der Waals surface area contributed by atoms with Crippen LogP contribution in [0.3, 0.4) is 0 Å². The van der Waals surface area contributed by atoms with Crippen molar-refractivity contribution in [2.24, 2.45) is 5.73 Å². The van der Waals surface area contributed by atoms with Gasteiger partial charge < -0.3 is 15.6 Å². The van der Waals surface area contributed by atoms with Crippen LogP contribution in [0.1, 0.15) is 18.1 Å². The lowest BCUT2D eigenvalue weighted by molar-refractivity contribution is -0.0805. The van der Waals surface area contributed by atoms with Crippen LogP contribution >= 0.6 is 12.2 Å². The fraction of sp³-hybridized carbons (Fsp3) is 0.500. The Balaban J connectivity index is 2.18. The molecule has 1 heterocycles. The molecular formula is C14H19FN2O2S. The lowest BCUT2D eigenvalue weighted by Gasteiger charge is -2.37. The van der Waals surface area contributed by atoms with Crippen molar-refractivity contribution in [1.29, 1.82) is 0 Å². The van der Waals surface area contributed by atoms with E-state index in [9.17, 15) is 9.50 Å². The van der Waals surface area contributed by atoms with Gasteiger partial charge in [-0.25, -0.2) is 4.39 Å². The Kier molecular flexibility index (Phi) is 5.04. The number of rotatable bonds is 4. The highest BCUT2D eigenvalue weighted by molar-refractivity contribution is 7.80. The number of ether oxygens (including phenoxy) is 1. The summed E-state index contributed by atoms with van der Waals surface area (Å²) in [6.45, 7) is 3.85. The molecule has 0 bridgehead atoms. The van der Waals surface area contributed by atoms with E-state index in [4.69, 9.17) is 22.7 Å². The number of morpholine rings is 1. The summed E-state index contributed by atoms with van der Waals surface area (Å²) >= 11 is 4.98. The van der Waals surface area contributed by atoms with Crippen molar-refractivity contribution in [2.75, 3.05) is 19.8 Å². The Bertz CT molecular complexity index is 498. The quantitative estimate of drug-likeness (QED) is 0.814. The number of aliphatic hydroxyl groups excluding tert-OH is 1. The van der Waals surface area contributed by atoms with E-state index in [2.05, 4.69) is 11.8 Å². The van der Waals surface area contributed by atoms with Crippen LogP contribution in [0, 0.1) is 5.82 Å². The second-order valence-corrected chi connectivity index (χ2v) is 5.52. The molecular weight excluding hydrogens is 279 g/mol. The molecule has 2 unspecified atom stereocenters. The number of hydrogen-bond donors (Lipinski definition) is 2. The van der Waals surface area contributed by atoms with Crippen LogP contribution in [0.4, 0.5) is 4.39 Å². The molecule has 0 saturated carbocycles. The second-order valence-electron chi connectivity index (χ2n) is 5.08. The number of benzene rings is 1. The number of halogens is 1. The molecule has 0 aliphatic carbocycles. The molecule has 0 radical (unpaired) electrons. The largest absolute Gasteiger partial charge is 0.394 e. The lowest BCUT2D eigenvalue weighted by Crippen LogP contribution is -2.49. The average molecular weight is 298 g/mol. The highest BCUT2D eigenvalue weighted by atomic mass is 32.1. The molecule has 1 aliphatic heterocycles. The number of nitrogens with zero attached hydrogens (tertiary/aromatic N) is 1. The molecule has 1 aliphatic rings. The van der Waals surface area contributed by atoms with Gasteiger partial charge >= 0.3 is 0 Å². The molecule has 1 fully saturated rings. The van der Waals surface area contributed by atoms with Gasteiger partial charge in [0.25, 0.3) is 0 Å². The molecule has 1 aromatic carbocycles. The zero-order valence-electron chi connectivity index (χ0n) is 11.4. The van der Waals surface area contributed by atoms with Gasteiger partial charge in [-0.2, -0.15) is 0 Å². The van der Waals surface area contributed by atoms with E-state index < -0.39 is 0 Å². The average Bonchev–Trinajstić information content (AvgIpc) is 2.42. The van der Waals surface area contributed by atoms with Crippen molar-refractivity contribution in [2.45, 2.75) is 25.6 Å². The van der Waals surface area contributed by atoms with Crippen molar-refractivity contribution >= 4 is 17.2 Å². The van der Waals surface area contributed by atoms with Gasteiger partial charge in [-0.05, 0) is 24.6 Å². The monoisotopic (exact) mass is 298 g/mol. The van der Waals surface area contributed by atoms with Crippen molar-refractivity contribution in [3.05, 3.63) is 35.1 Å². The predicted octanol–water partition coefficient (Wildman–Crippen LogP) is 1.04. The number of nitrogens with two attached hydrogens (primary N) is 1. The first kappa shape index (κ1) is 15.3. The number of hydrogen-bond acceptors (Lipinski definition) is 4. The summed E-state index contributed by atoms with van der Waals surface area (Å²) in [5.74, 6) is -0.347. The third-order valence-electron chi connectivity index (χ3n) is 3.55. The minimum absolute atomic E-state index is 0.00516. The summed E-state index contributed by atoms with van der Waals surface area (Å²) < 4.78 is 18.8. The SMILES string of the molecule is CC1COC(CO)CN1Cc1ccc(F)cc1C(N)=S. The Morgan fingerprint density at radius 3 is 3.00 bits per heavy atom. The van der Waals surface area contributed by atoms with E-state index in [0.717, 1.165) is 5.56 Å². The Morgan fingerprint density at radius 2 is 2.35 bits per heavy atom. The van der Waals surface area contributed by atoms with Crippen molar-refractivity contribution in [1.82, 2.24) is 4.90 Å². The Morgan fingerprint density at radius 1 is 1.60 bits per heavy atom. The molecule has 0 aromatic heterocycles. The highest BCUT2D eigenvalue weighted by Crippen LogP contribution is 2.19. The Labute approximate surface area is 123 Å². The van der Waals surface area contributed by atoms with Crippen LogP contribution in [-0.4, -0.2) is 46.9 Å². The number of aliphatic hydroxyl groups is 1. The van der Waals surface area contributed by atoms with Crippen LogP contribution in [-0.2, 0) is 11.3 Å². The van der Waals surface area contributed by atoms with Gasteiger partial charge in [-0.3, -0.25) is 4.90 Å². The maximum absolute atomic E-state index is 13.3. The molecule has 2 atom stereocenters. The molecule has 20 heavy (non-hydrogen) atoms. The molecule has 3 N–H and O–H groups in total. The summed E-state index contributed by atoms with van der Waals surface area (Å²) in [7, 11) is 0. The van der Waals surface area contributed by atoms with Gasteiger partial charge in [0.15, 0.2) is 0 Å². The van der Waals surface area contributed by atoms with Gasteiger partial charge in [0.05, 0.1) is 19.3 Å². The first-order chi connectivity index (χ1) is 9.51. The standard InChI is InChI=1S/C14H19FN2O2S/c1-9-8-19-12(7-18)6-17(9)5-10-2-3-11(15)4-13(10)14(16)20/h2-4,9,12,18H,5-8H2,1H3,(H2,16,20). The summed E-state index contributed by atoms with van der Waals surface area (Å²) in [6.07, 6.45) is -0.181. The minimum Gasteiger partial charge on any atom is -0.394 e. The maximum atomic E-state index is 13.3. The smallest absolute Gasteiger partial charge is 0.123 e. The molecule has 1 aromatic rings. The summed E-state index contributed by atoms with van der Waals surface area (Å²) in [5, 5.41) is 9.20. The van der Waals surface area contributed by atoms with Gasteiger partial charge in [0, 0.05) is 24.7 Å². The van der Waals surface area contributed by atoms with Crippen LogP contribution in [0.25, 0.3) is 0 Å². The first-order valence-electron chi connectivity index (χ1n) is 6.56. The zero-order chi connectivity index (χ0) is 14.7. The fourth-order valence-corrected chi connectivity index (χ4v) is 2.53. The van der Waals surface area contributed by atoms with E-state index >= 15 is 0 Å². The summed E-state index contributed by atoms with van der Waals surface area (Å²) in [5.41, 5.74) is 7.12. The lowest BCUT2D eigenvalue weighted by atomic mass is 10.0. The van der Waals surface area contributed by atoms with E-state index in [1.165, 1.54) is 12.1 Å². The molecule has 6 heteroatoms. The van der Waals surface area contributed by atoms with Crippen LogP contribution in [0.2, 0.25) is 0 Å². The number of thiocarbonyl (C=S) groups is 1. The van der Waals surface area contributed by atoms with Crippen molar-refractivity contribution in [3.63, 3.8) is 0 Å². The van der Waals surface area contributed by atoms with Gasteiger partial charge in [0.1, 0.15) is 10.8 Å². The van der Waals surface area contributed by atoms with E-state index in [0.29, 0.717) is 25.3 Å². The van der Waals surface area contributed by atoms with Crippen LogP contribution < -0.4 is 5.73 Å². The highest BCUT2D eigenvalue weighted by Gasteiger charge is 2.26. The third kappa shape index (κ3) is 3.52. The molecule has 0 spiro atoms. The molecule has 0 amide bonds. The Hall–Kier alpha value is -1.08. The molecule has 2 rings (SSSR count). The van der Waals surface area contributed by atoms with E-state index in [-0.39, 0.29) is 29.6 Å². The summed E-state index contributed by atoms with van der Waals surface area (Å²) in [4.78, 5) is 2.37. The van der Waals surface area contributed by atoms with E-state index in [1.54, 1.807) is 6.07 Å². The topological polar surface area (TPSA) is 58.7 Å². The van der Waals surface area contributed by atoms with E-state index in [1.807, 2.05) is 0 Å². The van der Waals surface area contributed by atoms with Crippen molar-refractivity contribution < 1.29 is 14.2 Å². The fourth-order valence-electron chi connectivity index (χ4n) is 2.34. The zero-order valence-corrected chi connectivity index (χ0v) is 12.2. The maximum Gasteiger partial charge on any atom is 0.123 e. The molecule has 110 valence electrons. The van der Waals surface area contributed by atoms with Crippen LogP contribution in [0.5, 0.6) is 0 Å². The predicted molar refractivity (Wildman–Crippen MR) is 79.0 cm³/mol. The van der Waals surface area contributed by atoms with Gasteiger partial charge in [0.2, 0.25) is 0 Å². The first-order valence-corrected chi connectivity index (χ1v) is 6.96. The van der Waals surface area contributed by atoms with Gasteiger partial charge in [-0.15, -0.1) is 0 Å². The summed E-state index contributed by atoms with van der Waals surface area (Å²) in [6, 6.07) is 4.71. The molecule has 4 nitrogen and oxygen atoms in total. The second kappa shape index (κ2) is 6.58. The van der Waals surface area contributed by atoms with Gasteiger partial charge in [-0.1, -0.05) is 18.3 Å². The minimum atomic E-state index is -0.347. The van der Waals surface area contributed by atoms with Crippen molar-refractivity contribution in [3.8, 4) is 0 Å². The third-order valence-corrected chi connectivity index (χ3v) is 3.77. The molecule has 1 saturated heterocycles. The van der Waals surface area contributed by atoms with Crippen LogP contribution in [0.15, 0.2) is 18.2 Å².